The predicted octanol–water partition coefficient (Wildman–Crippen LogP) is 2.95. The molecule has 2 aliphatic rings. The highest BCUT2D eigenvalue weighted by Gasteiger charge is 2.39. The summed E-state index contributed by atoms with van der Waals surface area (Å²) in [5, 5.41) is 1.20. The van der Waals surface area contributed by atoms with Crippen LogP contribution in [0, 0.1) is 12.8 Å². The van der Waals surface area contributed by atoms with Gasteiger partial charge in [-0.15, -0.1) is 11.3 Å². The van der Waals surface area contributed by atoms with Gasteiger partial charge in [0.25, 0.3) is 0 Å². The van der Waals surface area contributed by atoms with Crippen LogP contribution >= 0.6 is 11.3 Å². The molecule has 0 aliphatic carbocycles. The van der Waals surface area contributed by atoms with Gasteiger partial charge in [0.15, 0.2) is 5.13 Å². The van der Waals surface area contributed by atoms with Crippen LogP contribution in [0.15, 0.2) is 30.6 Å². The third kappa shape index (κ3) is 2.39. The SMILES string of the molecule is Cc1cnc(N2CCC3CCN(c4ccccn4)CC32)s1. The molecule has 2 atom stereocenters. The van der Waals surface area contributed by atoms with Crippen LogP contribution in [0.25, 0.3) is 0 Å². The lowest BCUT2D eigenvalue weighted by molar-refractivity contribution is 0.389. The fraction of sp³-hybridized carbons (Fsp3) is 0.500. The van der Waals surface area contributed by atoms with E-state index in [0.717, 1.165) is 31.4 Å². The zero-order valence-electron chi connectivity index (χ0n) is 12.3. The minimum atomic E-state index is 0.589. The lowest BCUT2D eigenvalue weighted by atomic mass is 9.92. The van der Waals surface area contributed by atoms with Gasteiger partial charge in [0, 0.05) is 36.9 Å². The predicted molar refractivity (Wildman–Crippen MR) is 87.2 cm³/mol. The topological polar surface area (TPSA) is 32.3 Å². The molecule has 110 valence electrons. The van der Waals surface area contributed by atoms with Gasteiger partial charge >= 0.3 is 0 Å². The van der Waals surface area contributed by atoms with Crippen LogP contribution < -0.4 is 9.80 Å². The van der Waals surface area contributed by atoms with E-state index in [1.165, 1.54) is 22.9 Å². The second-order valence-electron chi connectivity index (χ2n) is 5.99. The summed E-state index contributed by atoms with van der Waals surface area (Å²) in [6.07, 6.45) is 6.45. The Hall–Kier alpha value is -1.62. The summed E-state index contributed by atoms with van der Waals surface area (Å²) in [4.78, 5) is 15.4. The van der Waals surface area contributed by atoms with E-state index >= 15 is 0 Å². The lowest BCUT2D eigenvalue weighted by Gasteiger charge is -2.39. The van der Waals surface area contributed by atoms with Crippen molar-refractivity contribution in [3.05, 3.63) is 35.5 Å². The van der Waals surface area contributed by atoms with Crippen molar-refractivity contribution in [1.82, 2.24) is 9.97 Å². The van der Waals surface area contributed by atoms with Gasteiger partial charge in [-0.1, -0.05) is 6.07 Å². The second-order valence-corrected chi connectivity index (χ2v) is 7.20. The average Bonchev–Trinajstić information content (AvgIpc) is 3.13. The number of fused-ring (bicyclic) bond motifs is 1. The Labute approximate surface area is 129 Å². The molecule has 4 nitrogen and oxygen atoms in total. The molecule has 2 saturated heterocycles. The minimum Gasteiger partial charge on any atom is -0.355 e. The van der Waals surface area contributed by atoms with Crippen molar-refractivity contribution in [2.24, 2.45) is 5.92 Å². The van der Waals surface area contributed by atoms with Crippen molar-refractivity contribution in [1.29, 1.82) is 0 Å². The number of aromatic nitrogens is 2. The van der Waals surface area contributed by atoms with Crippen LogP contribution in [0.4, 0.5) is 10.9 Å². The highest BCUT2D eigenvalue weighted by molar-refractivity contribution is 7.15. The third-order valence-corrected chi connectivity index (χ3v) is 5.64. The second kappa shape index (κ2) is 5.30. The average molecular weight is 300 g/mol. The molecule has 0 radical (unpaired) electrons. The van der Waals surface area contributed by atoms with Gasteiger partial charge in [0.2, 0.25) is 0 Å². The van der Waals surface area contributed by atoms with E-state index in [1.807, 2.05) is 29.8 Å². The van der Waals surface area contributed by atoms with E-state index in [2.05, 4.69) is 38.8 Å². The maximum absolute atomic E-state index is 4.60. The highest BCUT2D eigenvalue weighted by Crippen LogP contribution is 2.37. The molecule has 4 rings (SSSR count). The molecular weight excluding hydrogens is 280 g/mol. The number of rotatable bonds is 2. The van der Waals surface area contributed by atoms with Gasteiger partial charge in [-0.25, -0.2) is 9.97 Å². The Morgan fingerprint density at radius 3 is 2.86 bits per heavy atom. The number of piperidine rings is 1. The molecule has 2 unspecified atom stereocenters. The smallest absolute Gasteiger partial charge is 0.185 e. The van der Waals surface area contributed by atoms with Crippen LogP contribution in [-0.2, 0) is 0 Å². The third-order valence-electron chi connectivity index (χ3n) is 4.69. The van der Waals surface area contributed by atoms with Gasteiger partial charge < -0.3 is 9.80 Å². The Morgan fingerprint density at radius 1 is 1.19 bits per heavy atom. The summed E-state index contributed by atoms with van der Waals surface area (Å²) in [5.41, 5.74) is 0. The molecule has 21 heavy (non-hydrogen) atoms. The standard InChI is InChI=1S/C16H20N4S/c1-12-10-18-16(21-12)20-9-6-13-5-8-19(11-14(13)20)15-4-2-3-7-17-15/h2-4,7,10,13-14H,5-6,8-9,11H2,1H3. The number of nitrogens with zero attached hydrogens (tertiary/aromatic N) is 4. The maximum atomic E-state index is 4.60. The zero-order valence-corrected chi connectivity index (χ0v) is 13.1. The summed E-state index contributed by atoms with van der Waals surface area (Å²) in [6.45, 7) is 5.48. The molecular formula is C16H20N4S. The van der Waals surface area contributed by atoms with E-state index in [0.29, 0.717) is 6.04 Å². The number of pyridine rings is 1. The lowest BCUT2D eigenvalue weighted by Crippen LogP contribution is -2.48. The molecule has 0 N–H and O–H groups in total. The molecule has 4 heterocycles. The first kappa shape index (κ1) is 13.1. The van der Waals surface area contributed by atoms with Crippen LogP contribution in [0.3, 0.4) is 0 Å². The minimum absolute atomic E-state index is 0.589. The molecule has 2 aliphatic heterocycles. The maximum Gasteiger partial charge on any atom is 0.185 e. The molecule has 0 bridgehead atoms. The molecule has 5 heteroatoms. The van der Waals surface area contributed by atoms with Gasteiger partial charge in [-0.2, -0.15) is 0 Å². The van der Waals surface area contributed by atoms with E-state index in [-0.39, 0.29) is 0 Å². The Morgan fingerprint density at radius 2 is 2.10 bits per heavy atom. The highest BCUT2D eigenvalue weighted by atomic mass is 32.1. The number of anilines is 2. The van der Waals surface area contributed by atoms with Crippen molar-refractivity contribution < 1.29 is 0 Å². The Kier molecular flexibility index (Phi) is 3.30. The molecule has 2 aromatic heterocycles. The Bertz CT molecular complexity index is 612. The fourth-order valence-corrected chi connectivity index (χ4v) is 4.45. The van der Waals surface area contributed by atoms with E-state index < -0.39 is 0 Å². The number of aryl methyl sites for hydroxylation is 1. The van der Waals surface area contributed by atoms with E-state index in [4.69, 9.17) is 0 Å². The van der Waals surface area contributed by atoms with Crippen molar-refractivity contribution in [2.75, 3.05) is 29.4 Å². The normalized spacial score (nSPS) is 25.2. The largest absolute Gasteiger partial charge is 0.355 e. The van der Waals surface area contributed by atoms with Crippen LogP contribution in [0.2, 0.25) is 0 Å². The molecule has 0 saturated carbocycles. The van der Waals surface area contributed by atoms with E-state index in [9.17, 15) is 0 Å². The molecule has 2 fully saturated rings. The van der Waals surface area contributed by atoms with Crippen LogP contribution in [-0.4, -0.2) is 35.6 Å². The first-order valence-corrected chi connectivity index (χ1v) is 8.48. The van der Waals surface area contributed by atoms with Crippen molar-refractivity contribution in [2.45, 2.75) is 25.8 Å². The summed E-state index contributed by atoms with van der Waals surface area (Å²) in [6, 6.07) is 6.76. The molecule has 0 aromatic carbocycles. The number of hydrogen-bond acceptors (Lipinski definition) is 5. The van der Waals surface area contributed by atoms with Crippen LogP contribution in [0.1, 0.15) is 17.7 Å². The van der Waals surface area contributed by atoms with Crippen molar-refractivity contribution in [3.8, 4) is 0 Å². The first-order valence-electron chi connectivity index (χ1n) is 7.66. The zero-order chi connectivity index (χ0) is 14.2. The summed E-state index contributed by atoms with van der Waals surface area (Å²) < 4.78 is 0. The molecule has 0 amide bonds. The first-order chi connectivity index (χ1) is 10.3. The number of hydrogen-bond donors (Lipinski definition) is 0. The molecule has 2 aromatic rings. The Balaban J connectivity index is 1.56. The van der Waals surface area contributed by atoms with Crippen molar-refractivity contribution in [3.63, 3.8) is 0 Å². The molecule has 0 spiro atoms. The summed E-state index contributed by atoms with van der Waals surface area (Å²) >= 11 is 1.82. The summed E-state index contributed by atoms with van der Waals surface area (Å²) in [5.74, 6) is 1.92. The monoisotopic (exact) mass is 300 g/mol. The quantitative estimate of drug-likeness (QED) is 0.853. The van der Waals surface area contributed by atoms with Crippen molar-refractivity contribution >= 4 is 22.3 Å². The van der Waals surface area contributed by atoms with Crippen LogP contribution in [0.5, 0.6) is 0 Å². The fourth-order valence-electron chi connectivity index (χ4n) is 3.60. The number of thiazole rings is 1. The van der Waals surface area contributed by atoms with E-state index in [1.54, 1.807) is 0 Å². The van der Waals surface area contributed by atoms with Gasteiger partial charge in [0.05, 0.1) is 6.04 Å². The van der Waals surface area contributed by atoms with Gasteiger partial charge in [-0.3, -0.25) is 0 Å². The summed E-state index contributed by atoms with van der Waals surface area (Å²) in [7, 11) is 0. The van der Waals surface area contributed by atoms with Gasteiger partial charge in [-0.05, 0) is 37.8 Å². The van der Waals surface area contributed by atoms with Gasteiger partial charge in [0.1, 0.15) is 5.82 Å².